The van der Waals surface area contributed by atoms with Crippen molar-refractivity contribution in [3.8, 4) is 5.75 Å². The van der Waals surface area contributed by atoms with Crippen LogP contribution in [0.25, 0.3) is 0 Å². The number of benzene rings is 1. The molecule has 1 aliphatic heterocycles. The Morgan fingerprint density at radius 3 is 2.95 bits per heavy atom. The maximum absolute atomic E-state index is 12.3. The topological polar surface area (TPSA) is 67.6 Å². The van der Waals surface area contributed by atoms with Gasteiger partial charge in [-0.2, -0.15) is 0 Å². The van der Waals surface area contributed by atoms with E-state index in [4.69, 9.17) is 10.5 Å². The maximum Gasteiger partial charge on any atom is 0.321 e. The average Bonchev–Trinajstić information content (AvgIpc) is 2.48. The first-order valence-corrected chi connectivity index (χ1v) is 7.10. The highest BCUT2D eigenvalue weighted by atomic mass is 16.5. The van der Waals surface area contributed by atoms with Gasteiger partial charge in [-0.25, -0.2) is 4.79 Å². The lowest BCUT2D eigenvalue weighted by molar-refractivity contribution is 0.163. The molecule has 0 radical (unpaired) electrons. The van der Waals surface area contributed by atoms with Crippen LogP contribution < -0.4 is 15.8 Å². The molecule has 5 nitrogen and oxygen atoms in total. The van der Waals surface area contributed by atoms with Gasteiger partial charge in [0.05, 0.1) is 12.8 Å². The van der Waals surface area contributed by atoms with Gasteiger partial charge in [-0.15, -0.1) is 0 Å². The molecule has 2 rings (SSSR count). The standard InChI is InChI=1S/C15H23N3O2/c1-3-11-10-18(9-8-12(11)16)15(19)17-13-6-4-5-7-14(13)20-2/h4-7,11-12H,3,8-10,16H2,1-2H3,(H,17,19). The molecule has 0 spiro atoms. The summed E-state index contributed by atoms with van der Waals surface area (Å²) < 4.78 is 5.24. The summed E-state index contributed by atoms with van der Waals surface area (Å²) in [7, 11) is 1.60. The van der Waals surface area contributed by atoms with Crippen LogP contribution >= 0.6 is 0 Å². The quantitative estimate of drug-likeness (QED) is 0.890. The minimum atomic E-state index is -0.0835. The maximum atomic E-state index is 12.3. The number of methoxy groups -OCH3 is 1. The third-order valence-electron chi connectivity index (χ3n) is 3.95. The molecule has 2 unspecified atom stereocenters. The Kier molecular flexibility index (Phi) is 4.84. The molecule has 1 heterocycles. The highest BCUT2D eigenvalue weighted by molar-refractivity contribution is 5.91. The van der Waals surface area contributed by atoms with Crippen molar-refractivity contribution in [1.29, 1.82) is 0 Å². The average molecular weight is 277 g/mol. The van der Waals surface area contributed by atoms with Crippen molar-refractivity contribution < 1.29 is 9.53 Å². The summed E-state index contributed by atoms with van der Waals surface area (Å²) in [5.41, 5.74) is 6.77. The van der Waals surface area contributed by atoms with Gasteiger partial charge < -0.3 is 20.7 Å². The van der Waals surface area contributed by atoms with Crippen LogP contribution in [-0.2, 0) is 0 Å². The number of anilines is 1. The zero-order valence-corrected chi connectivity index (χ0v) is 12.1. The third kappa shape index (κ3) is 3.22. The number of urea groups is 1. The molecule has 1 aromatic carbocycles. The SMILES string of the molecule is CCC1CN(C(=O)Nc2ccccc2OC)CCC1N. The fraction of sp³-hybridized carbons (Fsp3) is 0.533. The molecule has 0 saturated carbocycles. The van der Waals surface area contributed by atoms with E-state index in [1.165, 1.54) is 0 Å². The zero-order valence-electron chi connectivity index (χ0n) is 12.1. The number of para-hydroxylation sites is 2. The Balaban J connectivity index is 2.01. The highest BCUT2D eigenvalue weighted by Crippen LogP contribution is 2.24. The molecular weight excluding hydrogens is 254 g/mol. The largest absolute Gasteiger partial charge is 0.495 e. The molecule has 2 atom stereocenters. The predicted octanol–water partition coefficient (Wildman–Crippen LogP) is 2.29. The van der Waals surface area contributed by atoms with E-state index in [0.29, 0.717) is 23.9 Å². The van der Waals surface area contributed by atoms with Crippen LogP contribution in [0.1, 0.15) is 19.8 Å². The van der Waals surface area contributed by atoms with Crippen molar-refractivity contribution in [3.63, 3.8) is 0 Å². The fourth-order valence-electron chi connectivity index (χ4n) is 2.61. The van der Waals surface area contributed by atoms with Crippen LogP contribution in [0.15, 0.2) is 24.3 Å². The van der Waals surface area contributed by atoms with Gasteiger partial charge in [-0.3, -0.25) is 0 Å². The normalized spacial score (nSPS) is 22.4. The lowest BCUT2D eigenvalue weighted by Gasteiger charge is -2.36. The van der Waals surface area contributed by atoms with Gasteiger partial charge in [0, 0.05) is 19.1 Å². The van der Waals surface area contributed by atoms with E-state index in [1.54, 1.807) is 7.11 Å². The van der Waals surface area contributed by atoms with Crippen molar-refractivity contribution >= 4 is 11.7 Å². The molecule has 20 heavy (non-hydrogen) atoms. The summed E-state index contributed by atoms with van der Waals surface area (Å²) in [6, 6.07) is 7.54. The van der Waals surface area contributed by atoms with Crippen LogP contribution in [0.5, 0.6) is 5.75 Å². The number of hydrogen-bond donors (Lipinski definition) is 2. The Labute approximate surface area is 120 Å². The number of nitrogens with zero attached hydrogens (tertiary/aromatic N) is 1. The monoisotopic (exact) mass is 277 g/mol. The molecule has 0 aliphatic carbocycles. The van der Waals surface area contributed by atoms with Crippen LogP contribution in [0, 0.1) is 5.92 Å². The van der Waals surface area contributed by atoms with E-state index in [0.717, 1.165) is 19.4 Å². The molecule has 0 bridgehead atoms. The smallest absolute Gasteiger partial charge is 0.321 e. The Hall–Kier alpha value is -1.75. The Bertz CT molecular complexity index is 464. The van der Waals surface area contributed by atoms with Gasteiger partial charge in [0.15, 0.2) is 0 Å². The minimum Gasteiger partial charge on any atom is -0.495 e. The van der Waals surface area contributed by atoms with E-state index in [9.17, 15) is 4.79 Å². The number of piperidine rings is 1. The van der Waals surface area contributed by atoms with Crippen molar-refractivity contribution in [1.82, 2.24) is 4.90 Å². The third-order valence-corrected chi connectivity index (χ3v) is 3.95. The summed E-state index contributed by atoms with van der Waals surface area (Å²) >= 11 is 0. The number of amides is 2. The van der Waals surface area contributed by atoms with E-state index in [-0.39, 0.29) is 12.1 Å². The van der Waals surface area contributed by atoms with Gasteiger partial charge in [0.25, 0.3) is 0 Å². The molecule has 2 amide bonds. The van der Waals surface area contributed by atoms with Crippen LogP contribution in [0.3, 0.4) is 0 Å². The first-order chi connectivity index (χ1) is 9.65. The van der Waals surface area contributed by atoms with Crippen LogP contribution in [0.2, 0.25) is 0 Å². The number of rotatable bonds is 3. The number of hydrogen-bond acceptors (Lipinski definition) is 3. The van der Waals surface area contributed by atoms with Crippen molar-refractivity contribution in [2.75, 3.05) is 25.5 Å². The van der Waals surface area contributed by atoms with E-state index in [2.05, 4.69) is 12.2 Å². The fourth-order valence-corrected chi connectivity index (χ4v) is 2.61. The predicted molar refractivity (Wildman–Crippen MR) is 80.0 cm³/mol. The van der Waals surface area contributed by atoms with Crippen LogP contribution in [0.4, 0.5) is 10.5 Å². The number of nitrogens with one attached hydrogen (secondary N) is 1. The second-order valence-electron chi connectivity index (χ2n) is 5.20. The molecule has 1 aliphatic rings. The first kappa shape index (κ1) is 14.7. The summed E-state index contributed by atoms with van der Waals surface area (Å²) in [5.74, 6) is 1.05. The summed E-state index contributed by atoms with van der Waals surface area (Å²) in [5, 5.41) is 2.91. The van der Waals surface area contributed by atoms with Gasteiger partial charge in [-0.05, 0) is 24.5 Å². The summed E-state index contributed by atoms with van der Waals surface area (Å²) in [6.07, 6.45) is 1.86. The molecule has 1 aromatic rings. The highest BCUT2D eigenvalue weighted by Gasteiger charge is 2.28. The second-order valence-corrected chi connectivity index (χ2v) is 5.20. The number of ether oxygens (including phenoxy) is 1. The Morgan fingerprint density at radius 1 is 1.50 bits per heavy atom. The number of carbonyl (C=O) groups is 1. The minimum absolute atomic E-state index is 0.0835. The van der Waals surface area contributed by atoms with Crippen LogP contribution in [-0.4, -0.2) is 37.2 Å². The molecule has 1 saturated heterocycles. The van der Waals surface area contributed by atoms with E-state index < -0.39 is 0 Å². The molecule has 0 aromatic heterocycles. The first-order valence-electron chi connectivity index (χ1n) is 7.10. The lowest BCUT2D eigenvalue weighted by Crippen LogP contribution is -2.50. The van der Waals surface area contributed by atoms with E-state index >= 15 is 0 Å². The van der Waals surface area contributed by atoms with Crippen molar-refractivity contribution in [2.45, 2.75) is 25.8 Å². The molecule has 1 fully saturated rings. The van der Waals surface area contributed by atoms with Crippen molar-refractivity contribution in [2.24, 2.45) is 11.7 Å². The molecular formula is C15H23N3O2. The van der Waals surface area contributed by atoms with Gasteiger partial charge in [0.2, 0.25) is 0 Å². The number of likely N-dealkylation sites (tertiary alicyclic amines) is 1. The number of nitrogens with two attached hydrogens (primary N) is 1. The number of carbonyl (C=O) groups excluding carboxylic acids is 1. The second kappa shape index (κ2) is 6.61. The molecule has 110 valence electrons. The zero-order chi connectivity index (χ0) is 14.5. The summed E-state index contributed by atoms with van der Waals surface area (Å²) in [6.45, 7) is 3.55. The van der Waals surface area contributed by atoms with Gasteiger partial charge in [-0.1, -0.05) is 25.5 Å². The van der Waals surface area contributed by atoms with Gasteiger partial charge >= 0.3 is 6.03 Å². The van der Waals surface area contributed by atoms with Crippen molar-refractivity contribution in [3.05, 3.63) is 24.3 Å². The van der Waals surface area contributed by atoms with Gasteiger partial charge in [0.1, 0.15) is 5.75 Å². The molecule has 5 heteroatoms. The summed E-state index contributed by atoms with van der Waals surface area (Å²) in [4.78, 5) is 14.2. The Morgan fingerprint density at radius 2 is 2.25 bits per heavy atom. The molecule has 3 N–H and O–H groups in total. The lowest BCUT2D eigenvalue weighted by atomic mass is 9.91. The van der Waals surface area contributed by atoms with E-state index in [1.807, 2.05) is 29.2 Å².